The van der Waals surface area contributed by atoms with Crippen molar-refractivity contribution in [1.82, 2.24) is 5.32 Å². The fraction of sp³-hybridized carbons (Fsp3) is 0.500. The third kappa shape index (κ3) is 4.73. The van der Waals surface area contributed by atoms with Gasteiger partial charge in [0.15, 0.2) is 0 Å². The van der Waals surface area contributed by atoms with Gasteiger partial charge in [-0.3, -0.25) is 0 Å². The number of alkyl halides is 3. The zero-order valence-corrected chi connectivity index (χ0v) is 9.68. The van der Waals surface area contributed by atoms with E-state index >= 15 is 0 Å². The van der Waals surface area contributed by atoms with Crippen LogP contribution in [0.15, 0.2) is 24.3 Å². The van der Waals surface area contributed by atoms with Crippen molar-refractivity contribution in [3.8, 4) is 0 Å². The molecule has 17 heavy (non-hydrogen) atoms. The van der Waals surface area contributed by atoms with E-state index in [2.05, 4.69) is 5.32 Å². The van der Waals surface area contributed by atoms with Crippen LogP contribution in [0.1, 0.15) is 31.9 Å². The fourth-order valence-corrected chi connectivity index (χ4v) is 1.75. The van der Waals surface area contributed by atoms with Crippen molar-refractivity contribution in [3.05, 3.63) is 35.6 Å². The summed E-state index contributed by atoms with van der Waals surface area (Å²) in [5.74, 6) is -0.410. The molecule has 0 amide bonds. The molecule has 2 unspecified atom stereocenters. The summed E-state index contributed by atoms with van der Waals surface area (Å²) in [7, 11) is 0. The largest absolute Gasteiger partial charge is 0.390 e. The number of rotatable bonds is 4. The molecule has 0 heterocycles. The van der Waals surface area contributed by atoms with Crippen LogP contribution in [0.25, 0.3) is 0 Å². The van der Waals surface area contributed by atoms with Crippen molar-refractivity contribution in [2.75, 3.05) is 0 Å². The predicted octanol–water partition coefficient (Wildman–Crippen LogP) is 3.82. The standard InChI is InChI=1S/C12H15F4N/c1-8(7-12(14,15)16)17-9(2)10-5-3-4-6-11(10)13/h3-6,8-9,17H,7H2,1-2H3. The molecular formula is C12H15F4N. The second-order valence-corrected chi connectivity index (χ2v) is 4.13. The molecule has 0 bridgehead atoms. The molecule has 0 aliphatic carbocycles. The Morgan fingerprint density at radius 1 is 1.18 bits per heavy atom. The maximum Gasteiger partial charge on any atom is 0.390 e. The van der Waals surface area contributed by atoms with Gasteiger partial charge in [-0.05, 0) is 19.9 Å². The van der Waals surface area contributed by atoms with Gasteiger partial charge >= 0.3 is 6.18 Å². The molecule has 1 rings (SSSR count). The lowest BCUT2D eigenvalue weighted by Gasteiger charge is -2.21. The first kappa shape index (κ1) is 14.0. The quantitative estimate of drug-likeness (QED) is 0.800. The molecule has 0 aliphatic heterocycles. The van der Waals surface area contributed by atoms with Gasteiger partial charge < -0.3 is 5.32 Å². The van der Waals surface area contributed by atoms with Gasteiger partial charge in [-0.1, -0.05) is 18.2 Å². The van der Waals surface area contributed by atoms with Gasteiger partial charge in [0.25, 0.3) is 0 Å². The SMILES string of the molecule is CC(CC(F)(F)F)NC(C)c1ccccc1F. The lowest BCUT2D eigenvalue weighted by atomic mass is 10.1. The third-order valence-electron chi connectivity index (χ3n) is 2.44. The second kappa shape index (κ2) is 5.49. The summed E-state index contributed by atoms with van der Waals surface area (Å²) in [4.78, 5) is 0. The Morgan fingerprint density at radius 3 is 2.29 bits per heavy atom. The van der Waals surface area contributed by atoms with Crippen molar-refractivity contribution in [3.63, 3.8) is 0 Å². The minimum Gasteiger partial charge on any atom is -0.307 e. The van der Waals surface area contributed by atoms with Crippen LogP contribution in [0, 0.1) is 5.82 Å². The molecule has 1 N–H and O–H groups in total. The molecule has 1 aromatic carbocycles. The minimum absolute atomic E-state index is 0.376. The molecule has 0 radical (unpaired) electrons. The van der Waals surface area contributed by atoms with E-state index in [1.54, 1.807) is 25.1 Å². The van der Waals surface area contributed by atoms with Crippen LogP contribution in [0.5, 0.6) is 0 Å². The summed E-state index contributed by atoms with van der Waals surface area (Å²) < 4.78 is 49.7. The molecular weight excluding hydrogens is 234 g/mol. The zero-order chi connectivity index (χ0) is 13.1. The summed E-state index contributed by atoms with van der Waals surface area (Å²) in [6, 6.07) is 4.86. The molecule has 0 saturated carbocycles. The Morgan fingerprint density at radius 2 is 1.76 bits per heavy atom. The number of hydrogen-bond acceptors (Lipinski definition) is 1. The molecule has 0 fully saturated rings. The molecule has 0 saturated heterocycles. The summed E-state index contributed by atoms with van der Waals surface area (Å²) in [5.41, 5.74) is 0.376. The molecule has 0 aromatic heterocycles. The maximum absolute atomic E-state index is 13.4. The highest BCUT2D eigenvalue weighted by Gasteiger charge is 2.30. The molecule has 5 heteroatoms. The zero-order valence-electron chi connectivity index (χ0n) is 9.68. The predicted molar refractivity (Wildman–Crippen MR) is 58.1 cm³/mol. The number of hydrogen-bond donors (Lipinski definition) is 1. The lowest BCUT2D eigenvalue weighted by molar-refractivity contribution is -0.139. The highest BCUT2D eigenvalue weighted by atomic mass is 19.4. The van der Waals surface area contributed by atoms with Crippen LogP contribution < -0.4 is 5.32 Å². The normalized spacial score (nSPS) is 15.6. The fourth-order valence-electron chi connectivity index (χ4n) is 1.75. The van der Waals surface area contributed by atoms with E-state index in [0.717, 1.165) is 0 Å². The molecule has 0 aliphatic rings. The van der Waals surface area contributed by atoms with Gasteiger partial charge in [0.05, 0.1) is 6.42 Å². The average Bonchev–Trinajstić information content (AvgIpc) is 2.14. The van der Waals surface area contributed by atoms with Crippen molar-refractivity contribution >= 4 is 0 Å². The first-order valence-corrected chi connectivity index (χ1v) is 5.37. The molecule has 2 atom stereocenters. The van der Waals surface area contributed by atoms with Gasteiger partial charge in [-0.2, -0.15) is 13.2 Å². The summed E-state index contributed by atoms with van der Waals surface area (Å²) in [6.07, 6.45) is -5.13. The van der Waals surface area contributed by atoms with E-state index in [4.69, 9.17) is 0 Å². The van der Waals surface area contributed by atoms with Gasteiger partial charge in [-0.25, -0.2) is 4.39 Å². The van der Waals surface area contributed by atoms with E-state index in [-0.39, 0.29) is 0 Å². The van der Waals surface area contributed by atoms with E-state index in [1.807, 2.05) is 0 Å². The third-order valence-corrected chi connectivity index (χ3v) is 2.44. The first-order valence-electron chi connectivity index (χ1n) is 5.37. The van der Waals surface area contributed by atoms with Gasteiger partial charge in [0, 0.05) is 17.6 Å². The molecule has 1 aromatic rings. The molecule has 96 valence electrons. The monoisotopic (exact) mass is 249 g/mol. The highest BCUT2D eigenvalue weighted by Crippen LogP contribution is 2.23. The Labute approximate surface area is 97.8 Å². The topological polar surface area (TPSA) is 12.0 Å². The number of benzene rings is 1. The van der Waals surface area contributed by atoms with E-state index < -0.39 is 30.5 Å². The summed E-state index contributed by atoms with van der Waals surface area (Å²) in [5, 5.41) is 2.73. The van der Waals surface area contributed by atoms with Crippen molar-refractivity contribution in [2.45, 2.75) is 38.5 Å². The van der Waals surface area contributed by atoms with Crippen LogP contribution in [-0.4, -0.2) is 12.2 Å². The first-order chi connectivity index (χ1) is 7.79. The van der Waals surface area contributed by atoms with Crippen molar-refractivity contribution < 1.29 is 17.6 Å². The summed E-state index contributed by atoms with van der Waals surface area (Å²) in [6.45, 7) is 3.08. The minimum atomic E-state index is -4.21. The molecule has 1 nitrogen and oxygen atoms in total. The van der Waals surface area contributed by atoms with Crippen LogP contribution in [0.4, 0.5) is 17.6 Å². The smallest absolute Gasteiger partial charge is 0.307 e. The Hall–Kier alpha value is -1.10. The Kier molecular flexibility index (Phi) is 4.51. The van der Waals surface area contributed by atoms with Crippen molar-refractivity contribution in [1.29, 1.82) is 0 Å². The van der Waals surface area contributed by atoms with Gasteiger partial charge in [0.2, 0.25) is 0 Å². The number of halogens is 4. The van der Waals surface area contributed by atoms with E-state index in [0.29, 0.717) is 5.56 Å². The van der Waals surface area contributed by atoms with Crippen LogP contribution >= 0.6 is 0 Å². The van der Waals surface area contributed by atoms with E-state index in [1.165, 1.54) is 13.0 Å². The van der Waals surface area contributed by atoms with Crippen LogP contribution in [-0.2, 0) is 0 Å². The summed E-state index contributed by atoms with van der Waals surface area (Å²) >= 11 is 0. The van der Waals surface area contributed by atoms with Crippen LogP contribution in [0.2, 0.25) is 0 Å². The second-order valence-electron chi connectivity index (χ2n) is 4.13. The maximum atomic E-state index is 13.4. The van der Waals surface area contributed by atoms with Gasteiger partial charge in [-0.15, -0.1) is 0 Å². The van der Waals surface area contributed by atoms with Gasteiger partial charge in [0.1, 0.15) is 5.82 Å². The average molecular weight is 249 g/mol. The lowest BCUT2D eigenvalue weighted by Crippen LogP contribution is -2.33. The van der Waals surface area contributed by atoms with Crippen LogP contribution in [0.3, 0.4) is 0 Å². The Balaban J connectivity index is 2.61. The number of nitrogens with one attached hydrogen (secondary N) is 1. The van der Waals surface area contributed by atoms with Crippen molar-refractivity contribution in [2.24, 2.45) is 0 Å². The molecule has 0 spiro atoms. The Bertz CT molecular complexity index is 362. The highest BCUT2D eigenvalue weighted by molar-refractivity contribution is 5.20. The van der Waals surface area contributed by atoms with E-state index in [9.17, 15) is 17.6 Å².